The fraction of sp³-hybridized carbons (Fsp3) is 0.500. The predicted octanol–water partition coefficient (Wildman–Crippen LogP) is 2.10. The van der Waals surface area contributed by atoms with Crippen LogP contribution in [0.5, 0.6) is 5.75 Å². The Morgan fingerprint density at radius 3 is 2.29 bits per heavy atom. The molecule has 0 bridgehead atoms. The molecule has 0 aliphatic heterocycles. The zero-order chi connectivity index (χ0) is 13.1. The van der Waals surface area contributed by atoms with E-state index in [4.69, 9.17) is 15.2 Å². The molecule has 5 heteroatoms. The molecule has 1 atom stereocenters. The third-order valence-electron chi connectivity index (χ3n) is 2.75. The summed E-state index contributed by atoms with van der Waals surface area (Å²) in [6, 6.07) is 3.04. The maximum absolute atomic E-state index is 13.2. The van der Waals surface area contributed by atoms with Crippen molar-refractivity contribution in [2.24, 2.45) is 5.73 Å². The van der Waals surface area contributed by atoms with Gasteiger partial charge in [0.15, 0.2) is 17.4 Å². The van der Waals surface area contributed by atoms with Gasteiger partial charge in [-0.15, -0.1) is 0 Å². The molecule has 1 unspecified atom stereocenters. The molecule has 1 aromatic carbocycles. The minimum atomic E-state index is -0.743. The fourth-order valence-electron chi connectivity index (χ4n) is 1.15. The number of hydrogen-bond donors (Lipinski definition) is 1. The van der Waals surface area contributed by atoms with Gasteiger partial charge in [-0.25, -0.2) is 8.78 Å². The van der Waals surface area contributed by atoms with Crippen LogP contribution in [0, 0.1) is 11.6 Å². The Labute approximate surface area is 99.5 Å². The molecule has 2 N–H and O–H groups in total. The highest BCUT2D eigenvalue weighted by molar-refractivity contribution is 5.26. The first-order valence-corrected chi connectivity index (χ1v) is 5.26. The molecule has 0 saturated carbocycles. The summed E-state index contributed by atoms with van der Waals surface area (Å²) in [4.78, 5) is 0. The zero-order valence-electron chi connectivity index (χ0n) is 10.2. The largest absolute Gasteiger partial charge is 0.486 e. The lowest BCUT2D eigenvalue weighted by Gasteiger charge is -2.29. The van der Waals surface area contributed by atoms with Gasteiger partial charge >= 0.3 is 0 Å². The van der Waals surface area contributed by atoms with Crippen LogP contribution in [0.3, 0.4) is 0 Å². The van der Waals surface area contributed by atoms with Gasteiger partial charge in [0, 0.05) is 7.11 Å². The summed E-state index contributed by atoms with van der Waals surface area (Å²) in [6.07, 6.45) is 0. The van der Waals surface area contributed by atoms with E-state index < -0.39 is 29.0 Å². The highest BCUT2D eigenvalue weighted by atomic mass is 19.1. The smallest absolute Gasteiger partial charge is 0.190 e. The maximum atomic E-state index is 13.2. The van der Waals surface area contributed by atoms with Crippen molar-refractivity contribution in [1.29, 1.82) is 0 Å². The first-order valence-electron chi connectivity index (χ1n) is 5.26. The Balaban J connectivity index is 2.68. The fourth-order valence-corrected chi connectivity index (χ4v) is 1.15. The molecule has 0 heterocycles. The Hall–Kier alpha value is -1.20. The van der Waals surface area contributed by atoms with E-state index in [2.05, 4.69) is 0 Å². The normalized spacial score (nSPS) is 13.5. The van der Waals surface area contributed by atoms with Gasteiger partial charge < -0.3 is 15.2 Å². The average Bonchev–Trinajstić information content (AvgIpc) is 2.28. The lowest BCUT2D eigenvalue weighted by atomic mass is 10.0. The van der Waals surface area contributed by atoms with Crippen molar-refractivity contribution in [2.75, 3.05) is 13.7 Å². The van der Waals surface area contributed by atoms with Gasteiger partial charge in [0.05, 0.1) is 11.6 Å². The lowest BCUT2D eigenvalue weighted by molar-refractivity contribution is -0.0116. The quantitative estimate of drug-likeness (QED) is 0.864. The number of hydrogen-bond acceptors (Lipinski definition) is 3. The molecule has 17 heavy (non-hydrogen) atoms. The number of methoxy groups -OCH3 is 1. The Kier molecular flexibility index (Phi) is 4.42. The van der Waals surface area contributed by atoms with Gasteiger partial charge in [0.2, 0.25) is 0 Å². The number of para-hydroxylation sites is 1. The van der Waals surface area contributed by atoms with Crippen LogP contribution in [-0.2, 0) is 4.74 Å². The molecule has 0 aromatic heterocycles. The van der Waals surface area contributed by atoms with E-state index in [0.717, 1.165) is 12.1 Å². The molecule has 1 rings (SSSR count). The molecule has 0 fully saturated rings. The third-order valence-corrected chi connectivity index (χ3v) is 2.75. The van der Waals surface area contributed by atoms with Crippen LogP contribution in [0.25, 0.3) is 0 Å². The van der Waals surface area contributed by atoms with Crippen molar-refractivity contribution in [3.63, 3.8) is 0 Å². The van der Waals surface area contributed by atoms with Gasteiger partial charge in [0.1, 0.15) is 6.61 Å². The van der Waals surface area contributed by atoms with Crippen LogP contribution in [-0.4, -0.2) is 25.4 Å². The number of nitrogens with two attached hydrogens (primary N) is 1. The van der Waals surface area contributed by atoms with Crippen molar-refractivity contribution in [3.05, 3.63) is 29.8 Å². The van der Waals surface area contributed by atoms with E-state index in [1.54, 1.807) is 13.8 Å². The van der Waals surface area contributed by atoms with Crippen LogP contribution < -0.4 is 10.5 Å². The number of ether oxygens (including phenoxy) is 2. The Bertz CT molecular complexity index is 363. The van der Waals surface area contributed by atoms with Crippen molar-refractivity contribution < 1.29 is 18.3 Å². The second kappa shape index (κ2) is 5.42. The second-order valence-corrected chi connectivity index (χ2v) is 4.28. The highest BCUT2D eigenvalue weighted by Crippen LogP contribution is 2.22. The predicted molar refractivity (Wildman–Crippen MR) is 60.9 cm³/mol. The summed E-state index contributed by atoms with van der Waals surface area (Å²) < 4.78 is 36.7. The van der Waals surface area contributed by atoms with Crippen molar-refractivity contribution in [2.45, 2.75) is 25.5 Å². The Morgan fingerprint density at radius 2 is 1.82 bits per heavy atom. The second-order valence-electron chi connectivity index (χ2n) is 4.28. The van der Waals surface area contributed by atoms with Crippen molar-refractivity contribution >= 4 is 0 Å². The summed E-state index contributed by atoms with van der Waals surface area (Å²) in [5.74, 6) is -1.89. The first-order chi connectivity index (χ1) is 7.88. The molecule has 0 amide bonds. The molecular formula is C12H17F2NO2. The van der Waals surface area contributed by atoms with Gasteiger partial charge in [-0.1, -0.05) is 6.07 Å². The van der Waals surface area contributed by atoms with Gasteiger partial charge in [-0.3, -0.25) is 0 Å². The molecule has 0 aliphatic carbocycles. The molecular weight excluding hydrogens is 228 g/mol. The van der Waals surface area contributed by atoms with Crippen LogP contribution in [0.2, 0.25) is 0 Å². The van der Waals surface area contributed by atoms with E-state index in [1.807, 2.05) is 0 Å². The number of rotatable bonds is 5. The topological polar surface area (TPSA) is 44.5 Å². The average molecular weight is 245 g/mol. The maximum Gasteiger partial charge on any atom is 0.190 e. The highest BCUT2D eigenvalue weighted by Gasteiger charge is 2.27. The first kappa shape index (κ1) is 13.9. The van der Waals surface area contributed by atoms with Crippen LogP contribution in [0.1, 0.15) is 13.8 Å². The molecule has 0 radical (unpaired) electrons. The van der Waals surface area contributed by atoms with Crippen LogP contribution in [0.4, 0.5) is 8.78 Å². The molecule has 0 saturated heterocycles. The molecule has 0 aliphatic rings. The van der Waals surface area contributed by atoms with Gasteiger partial charge in [-0.05, 0) is 26.0 Å². The molecule has 96 valence electrons. The van der Waals surface area contributed by atoms with Crippen molar-refractivity contribution in [1.82, 2.24) is 0 Å². The van der Waals surface area contributed by atoms with E-state index in [0.29, 0.717) is 0 Å². The number of halogens is 2. The molecule has 3 nitrogen and oxygen atoms in total. The summed E-state index contributed by atoms with van der Waals surface area (Å²) >= 11 is 0. The van der Waals surface area contributed by atoms with Crippen LogP contribution >= 0.6 is 0 Å². The van der Waals surface area contributed by atoms with E-state index in [1.165, 1.54) is 13.2 Å². The number of benzene rings is 1. The SMILES string of the molecule is COC(C)(C)C(N)COc1c(F)cccc1F. The molecule has 1 aromatic rings. The Morgan fingerprint density at radius 1 is 1.29 bits per heavy atom. The van der Waals surface area contributed by atoms with Crippen molar-refractivity contribution in [3.8, 4) is 5.75 Å². The van der Waals surface area contributed by atoms with Crippen LogP contribution in [0.15, 0.2) is 18.2 Å². The van der Waals surface area contributed by atoms with Gasteiger partial charge in [0.25, 0.3) is 0 Å². The van der Waals surface area contributed by atoms with E-state index in [-0.39, 0.29) is 6.61 Å². The summed E-state index contributed by atoms with van der Waals surface area (Å²) in [6.45, 7) is 3.52. The molecule has 0 spiro atoms. The minimum Gasteiger partial charge on any atom is -0.486 e. The van der Waals surface area contributed by atoms with E-state index in [9.17, 15) is 8.78 Å². The van der Waals surface area contributed by atoms with E-state index >= 15 is 0 Å². The third kappa shape index (κ3) is 3.38. The van der Waals surface area contributed by atoms with Gasteiger partial charge in [-0.2, -0.15) is 0 Å². The standard InChI is InChI=1S/C12H17F2NO2/c1-12(2,16-3)10(15)7-17-11-8(13)5-4-6-9(11)14/h4-6,10H,7,15H2,1-3H3. The zero-order valence-corrected chi connectivity index (χ0v) is 10.2. The summed E-state index contributed by atoms with van der Waals surface area (Å²) in [7, 11) is 1.52. The minimum absolute atomic E-state index is 0.0291. The summed E-state index contributed by atoms with van der Waals surface area (Å²) in [5.41, 5.74) is 5.19. The lowest BCUT2D eigenvalue weighted by Crippen LogP contribution is -2.48. The monoisotopic (exact) mass is 245 g/mol. The summed E-state index contributed by atoms with van der Waals surface area (Å²) in [5, 5.41) is 0.